The van der Waals surface area contributed by atoms with Crippen LogP contribution in [0.15, 0.2) is 91.3 Å². The average molecular weight is 380 g/mol. The number of hydrogen-bond donors (Lipinski definition) is 1. The summed E-state index contributed by atoms with van der Waals surface area (Å²) in [6, 6.07) is 26.9. The molecule has 0 saturated carbocycles. The van der Waals surface area contributed by atoms with E-state index in [0.717, 1.165) is 33.8 Å². The minimum absolute atomic E-state index is 0.00616. The molecule has 4 heteroatoms. The highest BCUT2D eigenvalue weighted by Gasteiger charge is 2.47. The highest BCUT2D eigenvalue weighted by molar-refractivity contribution is 5.81. The Morgan fingerprint density at radius 2 is 1.28 bits per heavy atom. The Labute approximate surface area is 169 Å². The number of aliphatic hydroxyl groups excluding tert-OH is 1. The summed E-state index contributed by atoms with van der Waals surface area (Å²) in [4.78, 5) is 9.38. The highest BCUT2D eigenvalue weighted by Crippen LogP contribution is 2.54. The lowest BCUT2D eigenvalue weighted by Gasteiger charge is -2.33. The van der Waals surface area contributed by atoms with E-state index in [2.05, 4.69) is 58.5 Å². The van der Waals surface area contributed by atoms with Crippen LogP contribution in [0.5, 0.6) is 5.75 Å². The molecule has 0 radical (unpaired) electrons. The van der Waals surface area contributed by atoms with E-state index < -0.39 is 5.41 Å². The summed E-state index contributed by atoms with van der Waals surface area (Å²) in [5, 5.41) is 9.02. The molecule has 0 amide bonds. The van der Waals surface area contributed by atoms with Gasteiger partial charge in [-0.15, -0.1) is 0 Å². The topological polar surface area (TPSA) is 55.2 Å². The van der Waals surface area contributed by atoms with Gasteiger partial charge in [0.2, 0.25) is 0 Å². The van der Waals surface area contributed by atoms with E-state index in [1.54, 1.807) is 0 Å². The highest BCUT2D eigenvalue weighted by atomic mass is 16.5. The number of benzene rings is 2. The molecule has 0 unspecified atom stereocenters. The van der Waals surface area contributed by atoms with E-state index >= 15 is 0 Å². The van der Waals surface area contributed by atoms with Crippen LogP contribution >= 0.6 is 0 Å². The van der Waals surface area contributed by atoms with Gasteiger partial charge in [-0.25, -0.2) is 0 Å². The number of rotatable bonds is 5. The van der Waals surface area contributed by atoms with Gasteiger partial charge < -0.3 is 9.84 Å². The van der Waals surface area contributed by atoms with E-state index in [1.807, 2.05) is 42.7 Å². The monoisotopic (exact) mass is 380 g/mol. The SMILES string of the molecule is OCCOc1ccc(C2(c3ccccc3)c3cccnc3-c3ncccc32)cc1. The van der Waals surface area contributed by atoms with Crippen molar-refractivity contribution < 1.29 is 9.84 Å². The molecule has 1 aliphatic rings. The van der Waals surface area contributed by atoms with Gasteiger partial charge in [-0.2, -0.15) is 0 Å². The quantitative estimate of drug-likeness (QED) is 0.496. The zero-order valence-electron chi connectivity index (χ0n) is 15.8. The van der Waals surface area contributed by atoms with Crippen molar-refractivity contribution in [3.63, 3.8) is 0 Å². The van der Waals surface area contributed by atoms with Gasteiger partial charge in [0.05, 0.1) is 23.4 Å². The molecule has 2 aromatic carbocycles. The van der Waals surface area contributed by atoms with Gasteiger partial charge in [0.25, 0.3) is 0 Å². The molecule has 0 atom stereocenters. The van der Waals surface area contributed by atoms with Gasteiger partial charge in [-0.1, -0.05) is 54.6 Å². The minimum Gasteiger partial charge on any atom is -0.491 e. The fourth-order valence-electron chi connectivity index (χ4n) is 4.38. The zero-order valence-corrected chi connectivity index (χ0v) is 15.8. The number of pyridine rings is 2. The predicted molar refractivity (Wildman–Crippen MR) is 112 cm³/mol. The van der Waals surface area contributed by atoms with Crippen LogP contribution in [0.2, 0.25) is 0 Å². The third-order valence-electron chi connectivity index (χ3n) is 5.50. The zero-order chi connectivity index (χ0) is 19.7. The summed E-state index contributed by atoms with van der Waals surface area (Å²) in [7, 11) is 0. The number of aromatic nitrogens is 2. The Hall–Kier alpha value is -3.50. The summed E-state index contributed by atoms with van der Waals surface area (Å²) in [5.41, 5.74) is 5.91. The molecular weight excluding hydrogens is 360 g/mol. The number of fused-ring (bicyclic) bond motifs is 3. The molecule has 0 saturated heterocycles. The van der Waals surface area contributed by atoms with E-state index in [4.69, 9.17) is 9.84 Å². The van der Waals surface area contributed by atoms with Gasteiger partial charge in [0.1, 0.15) is 12.4 Å². The van der Waals surface area contributed by atoms with Gasteiger partial charge in [-0.05, 0) is 46.5 Å². The number of nitrogens with zero attached hydrogens (tertiary/aromatic N) is 2. The van der Waals surface area contributed by atoms with E-state index in [1.165, 1.54) is 5.56 Å². The Bertz CT molecular complexity index is 1100. The van der Waals surface area contributed by atoms with Crippen molar-refractivity contribution in [1.82, 2.24) is 9.97 Å². The van der Waals surface area contributed by atoms with Gasteiger partial charge in [-0.3, -0.25) is 9.97 Å². The molecule has 0 spiro atoms. The summed E-state index contributed by atoms with van der Waals surface area (Å²) < 4.78 is 5.58. The first-order valence-electron chi connectivity index (χ1n) is 9.67. The minimum atomic E-state index is -0.496. The van der Waals surface area contributed by atoms with Crippen molar-refractivity contribution in [2.24, 2.45) is 0 Å². The fraction of sp³-hybridized carbons (Fsp3) is 0.120. The van der Waals surface area contributed by atoms with Crippen LogP contribution in [0.3, 0.4) is 0 Å². The van der Waals surface area contributed by atoms with Crippen LogP contribution in [0.4, 0.5) is 0 Å². The second kappa shape index (κ2) is 7.15. The molecular formula is C25H20N2O2. The van der Waals surface area contributed by atoms with Gasteiger partial charge in [0.15, 0.2) is 0 Å². The maximum absolute atomic E-state index is 9.02. The second-order valence-electron chi connectivity index (χ2n) is 7.01. The lowest BCUT2D eigenvalue weighted by Crippen LogP contribution is -2.28. The average Bonchev–Trinajstić information content (AvgIpc) is 3.10. The predicted octanol–water partition coefficient (Wildman–Crippen LogP) is 4.21. The van der Waals surface area contributed by atoms with Crippen LogP contribution in [0, 0.1) is 0 Å². The summed E-state index contributed by atoms with van der Waals surface area (Å²) in [5.74, 6) is 0.738. The lowest BCUT2D eigenvalue weighted by atomic mass is 9.68. The van der Waals surface area contributed by atoms with Gasteiger partial charge in [0, 0.05) is 12.4 Å². The third kappa shape index (κ3) is 2.64. The van der Waals surface area contributed by atoms with E-state index in [-0.39, 0.29) is 13.2 Å². The number of ether oxygens (including phenoxy) is 1. The second-order valence-corrected chi connectivity index (χ2v) is 7.01. The van der Waals surface area contributed by atoms with Crippen molar-refractivity contribution in [3.8, 4) is 17.1 Å². The fourth-order valence-corrected chi connectivity index (χ4v) is 4.38. The summed E-state index contributed by atoms with van der Waals surface area (Å²) >= 11 is 0. The third-order valence-corrected chi connectivity index (χ3v) is 5.50. The first-order chi connectivity index (χ1) is 14.4. The molecule has 4 nitrogen and oxygen atoms in total. The van der Waals surface area contributed by atoms with Crippen LogP contribution in [0.1, 0.15) is 22.3 Å². The first kappa shape index (κ1) is 17.6. The number of aliphatic hydroxyl groups is 1. The molecule has 5 rings (SSSR count). The Morgan fingerprint density at radius 3 is 1.86 bits per heavy atom. The Balaban J connectivity index is 1.80. The smallest absolute Gasteiger partial charge is 0.119 e. The molecule has 142 valence electrons. The summed E-state index contributed by atoms with van der Waals surface area (Å²) in [6.07, 6.45) is 3.65. The molecule has 4 aromatic rings. The van der Waals surface area contributed by atoms with Crippen LogP contribution in [-0.2, 0) is 5.41 Å². The number of hydrogen-bond acceptors (Lipinski definition) is 4. The maximum Gasteiger partial charge on any atom is 0.119 e. The molecule has 29 heavy (non-hydrogen) atoms. The molecule has 2 aromatic heterocycles. The first-order valence-corrected chi connectivity index (χ1v) is 9.67. The Kier molecular flexibility index (Phi) is 4.34. The molecule has 1 N–H and O–H groups in total. The Morgan fingerprint density at radius 1 is 0.690 bits per heavy atom. The molecule has 2 heterocycles. The largest absolute Gasteiger partial charge is 0.491 e. The van der Waals surface area contributed by atoms with Crippen molar-refractivity contribution in [1.29, 1.82) is 0 Å². The molecule has 0 bridgehead atoms. The molecule has 0 fully saturated rings. The summed E-state index contributed by atoms with van der Waals surface area (Å²) in [6.45, 7) is 0.274. The van der Waals surface area contributed by atoms with Crippen LogP contribution in [-0.4, -0.2) is 28.3 Å². The van der Waals surface area contributed by atoms with Crippen molar-refractivity contribution in [2.75, 3.05) is 13.2 Å². The van der Waals surface area contributed by atoms with Crippen molar-refractivity contribution in [2.45, 2.75) is 5.41 Å². The van der Waals surface area contributed by atoms with Crippen molar-refractivity contribution in [3.05, 3.63) is 114 Å². The maximum atomic E-state index is 9.02. The van der Waals surface area contributed by atoms with Crippen molar-refractivity contribution >= 4 is 0 Å². The van der Waals surface area contributed by atoms with E-state index in [0.29, 0.717) is 0 Å². The standard InChI is InChI=1S/C25H20N2O2/c28-16-17-29-20-12-10-19(11-13-20)25(18-6-2-1-3-7-18)21-8-4-14-26-23(21)24-22(25)9-5-15-27-24/h1-15,28H,16-17H2. The van der Waals surface area contributed by atoms with Crippen LogP contribution < -0.4 is 4.74 Å². The van der Waals surface area contributed by atoms with E-state index in [9.17, 15) is 0 Å². The van der Waals surface area contributed by atoms with Gasteiger partial charge >= 0.3 is 0 Å². The molecule has 0 aliphatic heterocycles. The molecule has 1 aliphatic carbocycles. The normalized spacial score (nSPS) is 13.6. The lowest BCUT2D eigenvalue weighted by molar-refractivity contribution is 0.201. The van der Waals surface area contributed by atoms with Crippen LogP contribution in [0.25, 0.3) is 11.4 Å².